The van der Waals surface area contributed by atoms with Gasteiger partial charge in [-0.05, 0) is 40.8 Å². The molecule has 1 fully saturated rings. The van der Waals surface area contributed by atoms with Gasteiger partial charge in [0.1, 0.15) is 0 Å². The van der Waals surface area contributed by atoms with Gasteiger partial charge >= 0.3 is 0 Å². The second-order valence-electron chi connectivity index (χ2n) is 6.27. The van der Waals surface area contributed by atoms with Crippen LogP contribution in [0.3, 0.4) is 0 Å². The van der Waals surface area contributed by atoms with Gasteiger partial charge in [0, 0.05) is 11.3 Å². The lowest BCUT2D eigenvalue weighted by atomic mass is 9.73. The van der Waals surface area contributed by atoms with E-state index in [4.69, 9.17) is 5.73 Å². The van der Waals surface area contributed by atoms with Gasteiger partial charge in [-0.15, -0.1) is 5.10 Å². The van der Waals surface area contributed by atoms with Crippen LogP contribution in [0.2, 0.25) is 0 Å². The van der Waals surface area contributed by atoms with Crippen LogP contribution in [0, 0.1) is 5.41 Å². The molecule has 1 aromatic heterocycles. The van der Waals surface area contributed by atoms with Gasteiger partial charge in [-0.2, -0.15) is 4.68 Å². The molecule has 3 rings (SSSR count). The minimum atomic E-state index is 0.164. The van der Waals surface area contributed by atoms with E-state index in [1.54, 1.807) is 16.4 Å². The van der Waals surface area contributed by atoms with E-state index in [0.717, 1.165) is 17.3 Å². The zero-order valence-electron chi connectivity index (χ0n) is 12.4. The van der Waals surface area contributed by atoms with E-state index in [2.05, 4.69) is 29.4 Å². The summed E-state index contributed by atoms with van der Waals surface area (Å²) in [6.07, 6.45) is 3.52. The minimum Gasteiger partial charge on any atom is -0.326 e. The summed E-state index contributed by atoms with van der Waals surface area (Å²) in [6.45, 7) is 4.51. The Morgan fingerprint density at radius 2 is 2.05 bits per heavy atom. The molecule has 6 heteroatoms. The maximum absolute atomic E-state index is 6.46. The van der Waals surface area contributed by atoms with Gasteiger partial charge < -0.3 is 5.73 Å². The molecule has 0 aliphatic heterocycles. The molecular weight excluding hydrogens is 282 g/mol. The van der Waals surface area contributed by atoms with Crippen molar-refractivity contribution in [1.29, 1.82) is 0 Å². The first-order valence-corrected chi connectivity index (χ1v) is 8.22. The predicted octanol–water partition coefficient (Wildman–Crippen LogP) is 2.66. The summed E-state index contributed by atoms with van der Waals surface area (Å²) >= 11 is 1.70. The van der Waals surface area contributed by atoms with Crippen LogP contribution in [0.15, 0.2) is 35.5 Å². The largest absolute Gasteiger partial charge is 0.326 e. The molecule has 0 amide bonds. The molecular formula is C15H21N5S. The summed E-state index contributed by atoms with van der Waals surface area (Å²) in [5.41, 5.74) is 7.63. The maximum Gasteiger partial charge on any atom is 0.214 e. The number of rotatable bonds is 3. The number of thioether (sulfide) groups is 1. The van der Waals surface area contributed by atoms with Crippen molar-refractivity contribution in [2.45, 2.75) is 49.6 Å². The highest BCUT2D eigenvalue weighted by Crippen LogP contribution is 2.41. The Hall–Kier alpha value is -1.40. The average Bonchev–Trinajstić information content (AvgIpc) is 2.93. The van der Waals surface area contributed by atoms with Crippen molar-refractivity contribution in [2.75, 3.05) is 0 Å². The molecule has 2 N–H and O–H groups in total. The van der Waals surface area contributed by atoms with Crippen LogP contribution in [-0.2, 0) is 0 Å². The Morgan fingerprint density at radius 1 is 1.29 bits per heavy atom. The number of tetrazole rings is 1. The molecule has 1 aliphatic carbocycles. The summed E-state index contributed by atoms with van der Waals surface area (Å²) < 4.78 is 1.79. The highest BCUT2D eigenvalue weighted by molar-refractivity contribution is 7.99. The molecule has 2 aromatic rings. The Labute approximate surface area is 129 Å². The predicted molar refractivity (Wildman–Crippen MR) is 84.4 cm³/mol. The molecule has 1 aromatic carbocycles. The first-order valence-electron chi connectivity index (χ1n) is 7.34. The van der Waals surface area contributed by atoms with E-state index in [-0.39, 0.29) is 11.5 Å². The first kappa shape index (κ1) is 14.5. The van der Waals surface area contributed by atoms with Crippen LogP contribution in [0.25, 0.3) is 5.69 Å². The molecule has 112 valence electrons. The van der Waals surface area contributed by atoms with Gasteiger partial charge in [-0.25, -0.2) is 0 Å². The van der Waals surface area contributed by atoms with Crippen molar-refractivity contribution >= 4 is 11.8 Å². The molecule has 0 radical (unpaired) electrons. The number of hydrogen-bond acceptors (Lipinski definition) is 5. The highest BCUT2D eigenvalue weighted by atomic mass is 32.2. The van der Waals surface area contributed by atoms with Gasteiger partial charge in [0.2, 0.25) is 5.16 Å². The summed E-state index contributed by atoms with van der Waals surface area (Å²) in [4.78, 5) is 0. The summed E-state index contributed by atoms with van der Waals surface area (Å²) in [7, 11) is 0. The SMILES string of the molecule is CC1(C)CCCC(Sc2nnnn2-c2ccccc2)C1N. The van der Waals surface area contributed by atoms with E-state index in [1.807, 2.05) is 30.3 Å². The zero-order chi connectivity index (χ0) is 14.9. The lowest BCUT2D eigenvalue weighted by Crippen LogP contribution is -2.48. The standard InChI is InChI=1S/C15H21N5S/c1-15(2)10-6-9-12(13(15)16)21-14-17-18-19-20(14)11-7-4-3-5-8-11/h3-5,7-8,12-13H,6,9-10,16H2,1-2H3. The van der Waals surface area contributed by atoms with Crippen molar-refractivity contribution in [3.8, 4) is 5.69 Å². The fourth-order valence-electron chi connectivity index (χ4n) is 2.86. The topological polar surface area (TPSA) is 69.6 Å². The van der Waals surface area contributed by atoms with Crippen LogP contribution in [0.1, 0.15) is 33.1 Å². The Morgan fingerprint density at radius 3 is 2.81 bits per heavy atom. The maximum atomic E-state index is 6.46. The van der Waals surface area contributed by atoms with E-state index in [9.17, 15) is 0 Å². The van der Waals surface area contributed by atoms with Gasteiger partial charge in [-0.3, -0.25) is 0 Å². The first-order chi connectivity index (χ1) is 10.1. The normalized spacial score (nSPS) is 24.9. The average molecular weight is 303 g/mol. The molecule has 5 nitrogen and oxygen atoms in total. The summed E-state index contributed by atoms with van der Waals surface area (Å²) in [6, 6.07) is 10.1. The van der Waals surface area contributed by atoms with Crippen molar-refractivity contribution < 1.29 is 0 Å². The second kappa shape index (κ2) is 5.77. The number of nitrogens with two attached hydrogens (primary N) is 1. The van der Waals surface area contributed by atoms with E-state index < -0.39 is 0 Å². The molecule has 21 heavy (non-hydrogen) atoms. The molecule has 0 bridgehead atoms. The third-order valence-corrected chi connectivity index (χ3v) is 5.61. The van der Waals surface area contributed by atoms with Crippen molar-refractivity contribution in [3.05, 3.63) is 30.3 Å². The zero-order valence-corrected chi connectivity index (χ0v) is 13.3. The monoisotopic (exact) mass is 303 g/mol. The molecule has 1 heterocycles. The third kappa shape index (κ3) is 2.96. The van der Waals surface area contributed by atoms with E-state index >= 15 is 0 Å². The third-order valence-electron chi connectivity index (χ3n) is 4.31. The lowest BCUT2D eigenvalue weighted by Gasteiger charge is -2.41. The number of benzene rings is 1. The molecule has 0 saturated heterocycles. The van der Waals surface area contributed by atoms with E-state index in [0.29, 0.717) is 5.25 Å². The lowest BCUT2D eigenvalue weighted by molar-refractivity contribution is 0.208. The van der Waals surface area contributed by atoms with Gasteiger partial charge in [0.25, 0.3) is 0 Å². The summed E-state index contributed by atoms with van der Waals surface area (Å²) in [5.74, 6) is 0. The van der Waals surface area contributed by atoms with Crippen LogP contribution in [-0.4, -0.2) is 31.5 Å². The highest BCUT2D eigenvalue weighted by Gasteiger charge is 2.37. The van der Waals surface area contributed by atoms with Crippen molar-refractivity contribution in [3.63, 3.8) is 0 Å². The number of para-hydroxylation sites is 1. The molecule has 0 spiro atoms. The molecule has 1 saturated carbocycles. The minimum absolute atomic E-state index is 0.164. The Bertz CT molecular complexity index is 595. The molecule has 2 atom stereocenters. The number of nitrogens with zero attached hydrogens (tertiary/aromatic N) is 4. The Balaban J connectivity index is 1.82. The van der Waals surface area contributed by atoms with Crippen LogP contribution in [0.5, 0.6) is 0 Å². The molecule has 1 aliphatic rings. The van der Waals surface area contributed by atoms with Crippen LogP contribution in [0.4, 0.5) is 0 Å². The van der Waals surface area contributed by atoms with Crippen molar-refractivity contribution in [2.24, 2.45) is 11.1 Å². The van der Waals surface area contributed by atoms with Gasteiger partial charge in [0.15, 0.2) is 0 Å². The van der Waals surface area contributed by atoms with E-state index in [1.165, 1.54) is 12.8 Å². The van der Waals surface area contributed by atoms with Crippen LogP contribution < -0.4 is 5.73 Å². The second-order valence-corrected chi connectivity index (χ2v) is 7.48. The smallest absolute Gasteiger partial charge is 0.214 e. The fourth-order valence-corrected chi connectivity index (χ4v) is 4.26. The van der Waals surface area contributed by atoms with Gasteiger partial charge in [0.05, 0.1) is 5.69 Å². The fraction of sp³-hybridized carbons (Fsp3) is 0.533. The number of aromatic nitrogens is 4. The van der Waals surface area contributed by atoms with Crippen molar-refractivity contribution in [1.82, 2.24) is 20.2 Å². The molecule has 2 unspecified atom stereocenters. The van der Waals surface area contributed by atoms with Gasteiger partial charge in [-0.1, -0.05) is 50.2 Å². The number of hydrogen-bond donors (Lipinski definition) is 1. The van der Waals surface area contributed by atoms with Crippen LogP contribution >= 0.6 is 11.8 Å². The quantitative estimate of drug-likeness (QED) is 0.944. The summed E-state index contributed by atoms with van der Waals surface area (Å²) in [5, 5.41) is 13.3. The Kier molecular flexibility index (Phi) is 3.99.